The summed E-state index contributed by atoms with van der Waals surface area (Å²) in [4.78, 5) is 25.2. The van der Waals surface area contributed by atoms with Crippen LogP contribution in [0.1, 0.15) is 37.4 Å². The molecule has 0 saturated carbocycles. The van der Waals surface area contributed by atoms with Crippen LogP contribution in [-0.2, 0) is 4.79 Å². The molecule has 1 unspecified atom stereocenters. The molecule has 2 N–H and O–H groups in total. The van der Waals surface area contributed by atoms with E-state index >= 15 is 0 Å². The van der Waals surface area contributed by atoms with Gasteiger partial charge in [-0.3, -0.25) is 4.79 Å². The van der Waals surface area contributed by atoms with Gasteiger partial charge in [0.2, 0.25) is 0 Å². The van der Waals surface area contributed by atoms with Gasteiger partial charge in [0, 0.05) is 18.7 Å². The number of rotatable bonds is 4. The molecule has 126 valence electrons. The Morgan fingerprint density at radius 2 is 2.13 bits per heavy atom. The molecule has 2 atom stereocenters. The van der Waals surface area contributed by atoms with E-state index in [1.807, 2.05) is 32.0 Å². The molecule has 6 heteroatoms. The Labute approximate surface area is 136 Å². The molecular weight excluding hydrogens is 296 g/mol. The van der Waals surface area contributed by atoms with Crippen LogP contribution in [0.15, 0.2) is 18.2 Å². The average Bonchev–Trinajstić information content (AvgIpc) is 2.91. The van der Waals surface area contributed by atoms with Crippen molar-refractivity contribution in [1.29, 1.82) is 0 Å². The van der Waals surface area contributed by atoms with Crippen molar-refractivity contribution in [2.75, 3.05) is 20.2 Å². The fourth-order valence-electron chi connectivity index (χ4n) is 2.86. The summed E-state index contributed by atoms with van der Waals surface area (Å²) < 4.78 is 5.35. The maximum atomic E-state index is 12.4. The van der Waals surface area contributed by atoms with Crippen LogP contribution in [0.3, 0.4) is 0 Å². The molecule has 1 aromatic carbocycles. The molecule has 1 heterocycles. The summed E-state index contributed by atoms with van der Waals surface area (Å²) in [5.41, 5.74) is 1.13. The van der Waals surface area contributed by atoms with Crippen molar-refractivity contribution >= 4 is 12.0 Å². The third-order valence-electron chi connectivity index (χ3n) is 4.47. The van der Waals surface area contributed by atoms with Crippen LogP contribution in [0.4, 0.5) is 4.79 Å². The summed E-state index contributed by atoms with van der Waals surface area (Å²) in [7, 11) is 1.60. The molecule has 6 nitrogen and oxygen atoms in total. The lowest BCUT2D eigenvalue weighted by Gasteiger charge is -2.24. The van der Waals surface area contributed by atoms with E-state index in [2.05, 4.69) is 5.32 Å². The maximum Gasteiger partial charge on any atom is 0.317 e. The first-order chi connectivity index (χ1) is 10.8. The summed E-state index contributed by atoms with van der Waals surface area (Å²) in [6, 6.07) is 5.34. The van der Waals surface area contributed by atoms with Gasteiger partial charge in [-0.25, -0.2) is 4.79 Å². The third-order valence-corrected chi connectivity index (χ3v) is 4.47. The van der Waals surface area contributed by atoms with Gasteiger partial charge in [-0.1, -0.05) is 17.7 Å². The Bertz CT molecular complexity index is 617. The molecule has 23 heavy (non-hydrogen) atoms. The summed E-state index contributed by atoms with van der Waals surface area (Å²) in [6.45, 7) is 6.23. The number of amides is 2. The molecule has 1 aliphatic rings. The number of nitrogens with zero attached hydrogens (tertiary/aromatic N) is 1. The van der Waals surface area contributed by atoms with E-state index in [-0.39, 0.29) is 18.6 Å². The van der Waals surface area contributed by atoms with E-state index in [1.165, 1.54) is 0 Å². The summed E-state index contributed by atoms with van der Waals surface area (Å²) in [5, 5.41) is 12.2. The second-order valence-corrected chi connectivity index (χ2v) is 6.45. The van der Waals surface area contributed by atoms with Crippen molar-refractivity contribution in [3.05, 3.63) is 29.3 Å². The molecule has 0 aliphatic carbocycles. The van der Waals surface area contributed by atoms with Crippen molar-refractivity contribution in [2.45, 2.75) is 33.2 Å². The SMILES string of the molecule is COc1ccc(C)cc1[C@@H](C)NC(=O)N1CCC(C)(C(=O)O)C1. The predicted molar refractivity (Wildman–Crippen MR) is 86.6 cm³/mol. The fraction of sp³-hybridized carbons (Fsp3) is 0.529. The molecule has 1 fully saturated rings. The second-order valence-electron chi connectivity index (χ2n) is 6.45. The molecule has 2 rings (SSSR count). The highest BCUT2D eigenvalue weighted by molar-refractivity contribution is 5.79. The molecule has 1 saturated heterocycles. The molecule has 1 aliphatic heterocycles. The highest BCUT2D eigenvalue weighted by Gasteiger charge is 2.42. The predicted octanol–water partition coefficient (Wildman–Crippen LogP) is 2.57. The van der Waals surface area contributed by atoms with Crippen LogP contribution >= 0.6 is 0 Å². The minimum absolute atomic E-state index is 0.228. The zero-order valence-corrected chi connectivity index (χ0v) is 14.0. The smallest absolute Gasteiger partial charge is 0.317 e. The summed E-state index contributed by atoms with van der Waals surface area (Å²) in [5.74, 6) is -0.138. The number of aryl methyl sites for hydroxylation is 1. The van der Waals surface area contributed by atoms with Gasteiger partial charge in [-0.2, -0.15) is 0 Å². The van der Waals surface area contributed by atoms with E-state index in [0.29, 0.717) is 13.0 Å². The first-order valence-electron chi connectivity index (χ1n) is 7.70. The Balaban J connectivity index is 2.06. The standard InChI is InChI=1S/C17H24N2O4/c1-11-5-6-14(23-4)13(9-11)12(2)18-16(22)19-8-7-17(3,10-19)15(20)21/h5-6,9,12H,7-8,10H2,1-4H3,(H,18,22)(H,20,21)/t12-,17?/m1/s1. The van der Waals surface area contributed by atoms with Crippen molar-refractivity contribution < 1.29 is 19.4 Å². The van der Waals surface area contributed by atoms with Gasteiger partial charge in [0.15, 0.2) is 0 Å². The number of urea groups is 1. The van der Waals surface area contributed by atoms with Crippen molar-refractivity contribution in [1.82, 2.24) is 10.2 Å². The zero-order chi connectivity index (χ0) is 17.2. The lowest BCUT2D eigenvalue weighted by atomic mass is 9.90. The number of carbonyl (C=O) groups is 2. The fourth-order valence-corrected chi connectivity index (χ4v) is 2.86. The first-order valence-corrected chi connectivity index (χ1v) is 7.70. The van der Waals surface area contributed by atoms with Crippen molar-refractivity contribution in [3.63, 3.8) is 0 Å². The largest absolute Gasteiger partial charge is 0.496 e. The highest BCUT2D eigenvalue weighted by Crippen LogP contribution is 2.31. The number of carboxylic acids is 1. The maximum absolute atomic E-state index is 12.4. The van der Waals surface area contributed by atoms with Crippen molar-refractivity contribution in [2.24, 2.45) is 5.41 Å². The molecule has 0 bridgehead atoms. The van der Waals surface area contributed by atoms with Gasteiger partial charge in [0.1, 0.15) is 5.75 Å². The number of nitrogens with one attached hydrogen (secondary N) is 1. The summed E-state index contributed by atoms with van der Waals surface area (Å²) >= 11 is 0. The van der Waals surface area contributed by atoms with Crippen LogP contribution < -0.4 is 10.1 Å². The highest BCUT2D eigenvalue weighted by atomic mass is 16.5. The van der Waals surface area contributed by atoms with Crippen LogP contribution in [-0.4, -0.2) is 42.2 Å². The first kappa shape index (κ1) is 17.1. The van der Waals surface area contributed by atoms with Gasteiger partial charge < -0.3 is 20.1 Å². The topological polar surface area (TPSA) is 78.9 Å². The number of likely N-dealkylation sites (tertiary alicyclic amines) is 1. The average molecular weight is 320 g/mol. The van der Waals surface area contributed by atoms with Gasteiger partial charge in [0.25, 0.3) is 0 Å². The minimum atomic E-state index is -0.860. The number of aliphatic carboxylic acids is 1. The van der Waals surface area contributed by atoms with E-state index < -0.39 is 11.4 Å². The van der Waals surface area contributed by atoms with E-state index in [9.17, 15) is 14.7 Å². The number of carbonyl (C=O) groups excluding carboxylic acids is 1. The normalized spacial score (nSPS) is 21.8. The Morgan fingerprint density at radius 1 is 1.43 bits per heavy atom. The van der Waals surface area contributed by atoms with Crippen LogP contribution in [0.2, 0.25) is 0 Å². The van der Waals surface area contributed by atoms with E-state index in [0.717, 1.165) is 16.9 Å². The number of hydrogen-bond donors (Lipinski definition) is 2. The Kier molecular flexibility index (Phi) is 4.82. The number of methoxy groups -OCH3 is 1. The third kappa shape index (κ3) is 3.57. The van der Waals surface area contributed by atoms with E-state index in [1.54, 1.807) is 18.9 Å². The van der Waals surface area contributed by atoms with Crippen LogP contribution in [0.25, 0.3) is 0 Å². The number of ether oxygens (including phenoxy) is 1. The molecular formula is C17H24N2O4. The number of benzene rings is 1. The summed E-state index contributed by atoms with van der Waals surface area (Å²) in [6.07, 6.45) is 0.470. The molecule has 0 aromatic heterocycles. The van der Waals surface area contributed by atoms with Crippen molar-refractivity contribution in [3.8, 4) is 5.75 Å². The van der Waals surface area contributed by atoms with Gasteiger partial charge in [-0.15, -0.1) is 0 Å². The lowest BCUT2D eigenvalue weighted by molar-refractivity contribution is -0.146. The van der Waals surface area contributed by atoms with E-state index in [4.69, 9.17) is 4.74 Å². The Morgan fingerprint density at radius 3 is 2.70 bits per heavy atom. The van der Waals surface area contributed by atoms with Gasteiger partial charge in [0.05, 0.1) is 18.6 Å². The number of carboxylic acid groups (broad SMARTS) is 1. The van der Waals surface area contributed by atoms with Crippen LogP contribution in [0, 0.1) is 12.3 Å². The second kappa shape index (κ2) is 6.48. The Hall–Kier alpha value is -2.24. The molecule has 0 spiro atoms. The number of hydrogen-bond acceptors (Lipinski definition) is 3. The van der Waals surface area contributed by atoms with Gasteiger partial charge >= 0.3 is 12.0 Å². The monoisotopic (exact) mass is 320 g/mol. The van der Waals surface area contributed by atoms with Gasteiger partial charge in [-0.05, 0) is 33.3 Å². The quantitative estimate of drug-likeness (QED) is 0.893. The van der Waals surface area contributed by atoms with Crippen LogP contribution in [0.5, 0.6) is 5.75 Å². The molecule has 0 radical (unpaired) electrons. The minimum Gasteiger partial charge on any atom is -0.496 e. The lowest BCUT2D eigenvalue weighted by Crippen LogP contribution is -2.41. The molecule has 1 aromatic rings. The zero-order valence-electron chi connectivity index (χ0n) is 14.0. The molecule has 2 amide bonds.